The molecule has 0 radical (unpaired) electrons. The van der Waals surface area contributed by atoms with Gasteiger partial charge in [0.1, 0.15) is 0 Å². The average molecular weight is 711 g/mol. The van der Waals surface area contributed by atoms with Gasteiger partial charge in [0.2, 0.25) is 0 Å². The van der Waals surface area contributed by atoms with E-state index < -0.39 is 0 Å². The number of aromatic nitrogens is 2. The summed E-state index contributed by atoms with van der Waals surface area (Å²) < 4.78 is 0. The number of nitrogens with zero attached hydrogens (tertiary/aromatic N) is 2. The molecule has 0 aliphatic carbocycles. The zero-order valence-corrected chi connectivity index (χ0v) is 30.5. The Balaban J connectivity index is 1.09. The summed E-state index contributed by atoms with van der Waals surface area (Å²) in [5.74, 6) is 0.696. The van der Waals surface area contributed by atoms with Crippen LogP contribution >= 0.6 is 0 Å². The highest BCUT2D eigenvalue weighted by Crippen LogP contribution is 2.41. The van der Waals surface area contributed by atoms with Crippen molar-refractivity contribution in [1.82, 2.24) is 9.97 Å². The van der Waals surface area contributed by atoms with Crippen molar-refractivity contribution < 1.29 is 0 Å². The second-order valence-corrected chi connectivity index (χ2v) is 14.5. The van der Waals surface area contributed by atoms with Crippen molar-refractivity contribution in [3.63, 3.8) is 0 Å². The molecule has 2 heteroatoms. The van der Waals surface area contributed by atoms with Gasteiger partial charge in [0, 0.05) is 16.7 Å². The number of fused-ring (bicyclic) bond motifs is 7. The number of rotatable bonds is 5. The number of benzene rings is 10. The van der Waals surface area contributed by atoms with E-state index in [0.29, 0.717) is 5.82 Å². The number of hydrogen-bond acceptors (Lipinski definition) is 2. The van der Waals surface area contributed by atoms with Gasteiger partial charge in [0.25, 0.3) is 0 Å². The number of hydrogen-bond donors (Lipinski definition) is 0. The van der Waals surface area contributed by atoms with Crippen molar-refractivity contribution in [1.29, 1.82) is 0 Å². The van der Waals surface area contributed by atoms with Gasteiger partial charge in [0.15, 0.2) is 5.82 Å². The van der Waals surface area contributed by atoms with E-state index in [1.165, 1.54) is 76.1 Å². The maximum absolute atomic E-state index is 5.35. The molecular formula is C54H34N2. The molecule has 0 N–H and O–H groups in total. The Morgan fingerprint density at radius 3 is 1.52 bits per heavy atom. The molecule has 56 heavy (non-hydrogen) atoms. The lowest BCUT2D eigenvalue weighted by molar-refractivity contribution is 1.19. The van der Waals surface area contributed by atoms with Crippen LogP contribution in [0.5, 0.6) is 0 Å². The molecular weight excluding hydrogens is 677 g/mol. The Morgan fingerprint density at radius 1 is 0.250 bits per heavy atom. The minimum Gasteiger partial charge on any atom is -0.228 e. The molecule has 0 aliphatic heterocycles. The molecule has 0 saturated heterocycles. The molecule has 0 saturated carbocycles. The normalized spacial score (nSPS) is 11.6. The van der Waals surface area contributed by atoms with Gasteiger partial charge in [-0.05, 0) is 94.3 Å². The van der Waals surface area contributed by atoms with Crippen molar-refractivity contribution in [3.8, 4) is 56.2 Å². The zero-order valence-electron chi connectivity index (χ0n) is 30.5. The molecule has 11 rings (SSSR count). The molecule has 1 heterocycles. The fourth-order valence-corrected chi connectivity index (χ4v) is 8.51. The van der Waals surface area contributed by atoms with Crippen LogP contribution < -0.4 is 0 Å². The van der Waals surface area contributed by atoms with Gasteiger partial charge in [-0.15, -0.1) is 0 Å². The van der Waals surface area contributed by atoms with Crippen LogP contribution in [0.1, 0.15) is 0 Å². The van der Waals surface area contributed by atoms with Crippen LogP contribution in [-0.2, 0) is 0 Å². The third-order valence-corrected chi connectivity index (χ3v) is 11.3. The summed E-state index contributed by atoms with van der Waals surface area (Å²) in [7, 11) is 0. The van der Waals surface area contributed by atoms with Crippen LogP contribution in [0.3, 0.4) is 0 Å². The third kappa shape index (κ3) is 5.42. The molecule has 0 unspecified atom stereocenters. The van der Waals surface area contributed by atoms with Crippen molar-refractivity contribution >= 4 is 53.9 Å². The van der Waals surface area contributed by atoms with Gasteiger partial charge < -0.3 is 0 Å². The molecule has 0 aliphatic rings. The van der Waals surface area contributed by atoms with Crippen molar-refractivity contribution in [3.05, 3.63) is 206 Å². The second-order valence-electron chi connectivity index (χ2n) is 14.5. The first kappa shape index (κ1) is 32.0. The largest absolute Gasteiger partial charge is 0.228 e. The standard InChI is InChI=1S/C54H34N2/c1-2-12-35(13-3-1)36-22-24-38(25-23-36)51-34-52(50-33-41-15-5-8-18-44(41)46-20-10-11-21-47(46)50)56-54(55-51)40-28-26-39(27-29-40)53-45-19-9-6-16-42(45)32-49-43-17-7-4-14-37(43)30-31-48(49)53/h1-34H. The minimum absolute atomic E-state index is 0.696. The summed E-state index contributed by atoms with van der Waals surface area (Å²) >= 11 is 0. The topological polar surface area (TPSA) is 25.8 Å². The molecule has 11 aromatic rings. The summed E-state index contributed by atoms with van der Waals surface area (Å²) in [5, 5.41) is 12.3. The van der Waals surface area contributed by atoms with Crippen LogP contribution in [0.2, 0.25) is 0 Å². The van der Waals surface area contributed by atoms with Gasteiger partial charge in [-0.1, -0.05) is 188 Å². The van der Waals surface area contributed by atoms with Crippen LogP contribution in [0, 0.1) is 0 Å². The quantitative estimate of drug-likeness (QED) is 0.131. The Labute approximate surface area is 325 Å². The molecule has 0 bridgehead atoms. The predicted octanol–water partition coefficient (Wildman–Crippen LogP) is 14.6. The molecule has 0 spiro atoms. The van der Waals surface area contributed by atoms with E-state index in [-0.39, 0.29) is 0 Å². The molecule has 10 aromatic carbocycles. The lowest BCUT2D eigenvalue weighted by Crippen LogP contribution is -1.97. The SMILES string of the molecule is c1ccc(-c2ccc(-c3cc(-c4cc5ccccc5c5ccccc45)nc(-c4ccc(-c5c6ccccc6cc6c5ccc5ccccc56)cc4)n3)cc2)cc1. The van der Waals surface area contributed by atoms with E-state index in [9.17, 15) is 0 Å². The third-order valence-electron chi connectivity index (χ3n) is 11.3. The summed E-state index contributed by atoms with van der Waals surface area (Å²) in [5.41, 5.74) is 9.67. The van der Waals surface area contributed by atoms with Gasteiger partial charge >= 0.3 is 0 Å². The summed E-state index contributed by atoms with van der Waals surface area (Å²) in [6, 6.07) is 74.0. The fourth-order valence-electron chi connectivity index (χ4n) is 8.51. The highest BCUT2D eigenvalue weighted by Gasteiger charge is 2.17. The van der Waals surface area contributed by atoms with Gasteiger partial charge in [0.05, 0.1) is 11.4 Å². The van der Waals surface area contributed by atoms with E-state index in [1.54, 1.807) is 0 Å². The Bertz CT molecular complexity index is 3270. The fraction of sp³-hybridized carbons (Fsp3) is 0. The molecule has 260 valence electrons. The van der Waals surface area contributed by atoms with E-state index in [0.717, 1.165) is 28.1 Å². The summed E-state index contributed by atoms with van der Waals surface area (Å²) in [4.78, 5) is 10.6. The van der Waals surface area contributed by atoms with E-state index in [4.69, 9.17) is 9.97 Å². The van der Waals surface area contributed by atoms with Gasteiger partial charge in [-0.3, -0.25) is 0 Å². The molecule has 1 aromatic heterocycles. The smallest absolute Gasteiger partial charge is 0.160 e. The van der Waals surface area contributed by atoms with Gasteiger partial charge in [-0.2, -0.15) is 0 Å². The Morgan fingerprint density at radius 2 is 0.768 bits per heavy atom. The lowest BCUT2D eigenvalue weighted by atomic mass is 9.89. The van der Waals surface area contributed by atoms with Crippen molar-refractivity contribution in [2.24, 2.45) is 0 Å². The van der Waals surface area contributed by atoms with Crippen LogP contribution in [-0.4, -0.2) is 9.97 Å². The average Bonchev–Trinajstić information content (AvgIpc) is 3.28. The Hall–Kier alpha value is -7.42. The highest BCUT2D eigenvalue weighted by molar-refractivity contribution is 6.20. The van der Waals surface area contributed by atoms with E-state index in [1.807, 2.05) is 0 Å². The molecule has 2 nitrogen and oxygen atoms in total. The summed E-state index contributed by atoms with van der Waals surface area (Å²) in [6.07, 6.45) is 0. The van der Waals surface area contributed by atoms with Crippen molar-refractivity contribution in [2.45, 2.75) is 0 Å². The van der Waals surface area contributed by atoms with Gasteiger partial charge in [-0.25, -0.2) is 9.97 Å². The van der Waals surface area contributed by atoms with Crippen LogP contribution in [0.4, 0.5) is 0 Å². The molecule has 0 amide bonds. The first-order valence-corrected chi connectivity index (χ1v) is 19.1. The van der Waals surface area contributed by atoms with E-state index in [2.05, 4.69) is 206 Å². The first-order valence-electron chi connectivity index (χ1n) is 19.1. The monoisotopic (exact) mass is 710 g/mol. The maximum atomic E-state index is 5.35. The maximum Gasteiger partial charge on any atom is 0.160 e. The minimum atomic E-state index is 0.696. The molecule has 0 fully saturated rings. The van der Waals surface area contributed by atoms with Crippen LogP contribution in [0.25, 0.3) is 110 Å². The second kappa shape index (κ2) is 13.2. The first-order chi connectivity index (χ1) is 27.7. The van der Waals surface area contributed by atoms with Crippen molar-refractivity contribution in [2.75, 3.05) is 0 Å². The summed E-state index contributed by atoms with van der Waals surface area (Å²) in [6.45, 7) is 0. The van der Waals surface area contributed by atoms with E-state index >= 15 is 0 Å². The zero-order chi connectivity index (χ0) is 37.0. The highest BCUT2D eigenvalue weighted by atomic mass is 14.9. The molecule has 0 atom stereocenters. The van der Waals surface area contributed by atoms with Crippen LogP contribution in [0.15, 0.2) is 206 Å². The Kier molecular flexibility index (Phi) is 7.53. The lowest BCUT2D eigenvalue weighted by Gasteiger charge is -2.15. The predicted molar refractivity (Wildman–Crippen MR) is 237 cm³/mol.